The summed E-state index contributed by atoms with van der Waals surface area (Å²) in [6.45, 7) is 0. The van der Waals surface area contributed by atoms with E-state index >= 15 is 0 Å². The van der Waals surface area contributed by atoms with Crippen molar-refractivity contribution < 1.29 is 25.3 Å². The van der Waals surface area contributed by atoms with Crippen LogP contribution in [0.2, 0.25) is 0 Å². The minimum Gasteiger partial charge on any atom is -0.255 e. The van der Waals surface area contributed by atoms with Crippen LogP contribution in [0, 0.1) is 0 Å². The van der Waals surface area contributed by atoms with Gasteiger partial charge in [0.25, 0.3) is 10.0 Å². The summed E-state index contributed by atoms with van der Waals surface area (Å²) < 4.78 is 75.8. The van der Waals surface area contributed by atoms with Crippen molar-refractivity contribution in [3.05, 3.63) is 36.5 Å². The van der Waals surface area contributed by atoms with Crippen molar-refractivity contribution in [2.45, 2.75) is 29.8 Å². The monoisotopic (exact) mass is 459 g/mol. The van der Waals surface area contributed by atoms with Crippen LogP contribution in [0.25, 0.3) is 10.9 Å². The molecule has 2 saturated heterocycles. The molecule has 0 spiro atoms. The first-order chi connectivity index (χ1) is 13.6. The van der Waals surface area contributed by atoms with Crippen LogP contribution < -0.4 is 5.43 Å². The molecule has 0 aliphatic carbocycles. The standard InChI is InChI=1S/C17H21N3O6S3/c21-27(22)9-6-14(11-27)19-20(15-7-10-28(23,24)12-15)29(25,26)16-5-1-3-13-4-2-8-18-17(13)16/h1-5,8,14-15,19H,6-7,9-12H2/t14-,15-/m1/s1. The third-order valence-electron chi connectivity index (χ3n) is 5.21. The van der Waals surface area contributed by atoms with Gasteiger partial charge in [-0.05, 0) is 25.0 Å². The molecule has 0 saturated carbocycles. The van der Waals surface area contributed by atoms with E-state index in [1.165, 1.54) is 12.3 Å². The third-order valence-corrected chi connectivity index (χ3v) is 10.5. The lowest BCUT2D eigenvalue weighted by Crippen LogP contribution is -2.54. The molecule has 0 amide bonds. The molecule has 0 unspecified atom stereocenters. The van der Waals surface area contributed by atoms with Crippen molar-refractivity contribution in [2.75, 3.05) is 23.0 Å². The lowest BCUT2D eigenvalue weighted by atomic mass is 10.2. The number of hydrogen-bond donors (Lipinski definition) is 1. The maximum absolute atomic E-state index is 13.6. The third kappa shape index (κ3) is 4.17. The topological polar surface area (TPSA) is 131 Å². The second-order valence-electron chi connectivity index (χ2n) is 7.42. The summed E-state index contributed by atoms with van der Waals surface area (Å²) in [7, 11) is -10.8. The van der Waals surface area contributed by atoms with Crippen LogP contribution in [0.1, 0.15) is 12.8 Å². The summed E-state index contributed by atoms with van der Waals surface area (Å²) >= 11 is 0. The van der Waals surface area contributed by atoms with Crippen molar-refractivity contribution in [1.82, 2.24) is 14.8 Å². The molecule has 2 aromatic rings. The second-order valence-corrected chi connectivity index (χ2v) is 13.7. The summed E-state index contributed by atoms with van der Waals surface area (Å²) in [6, 6.07) is 6.79. The Morgan fingerprint density at radius 2 is 1.66 bits per heavy atom. The Hall–Kier alpha value is -1.60. The number of nitrogens with zero attached hydrogens (tertiary/aromatic N) is 2. The Morgan fingerprint density at radius 1 is 0.966 bits per heavy atom. The van der Waals surface area contributed by atoms with Crippen molar-refractivity contribution in [2.24, 2.45) is 0 Å². The number of sulfonamides is 1. The molecule has 2 aliphatic heterocycles. The Kier molecular flexibility index (Phi) is 5.18. The summed E-state index contributed by atoms with van der Waals surface area (Å²) in [5.74, 6) is -0.636. The smallest absolute Gasteiger partial charge is 0.255 e. The molecule has 1 aromatic heterocycles. The Balaban J connectivity index is 1.77. The highest BCUT2D eigenvalue weighted by molar-refractivity contribution is 7.92. The number of hydrogen-bond acceptors (Lipinski definition) is 8. The first-order valence-electron chi connectivity index (χ1n) is 9.13. The van der Waals surface area contributed by atoms with Gasteiger partial charge in [0.15, 0.2) is 19.7 Å². The van der Waals surface area contributed by atoms with E-state index in [2.05, 4.69) is 10.4 Å². The molecular formula is C17H21N3O6S3. The van der Waals surface area contributed by atoms with E-state index in [4.69, 9.17) is 0 Å². The second kappa shape index (κ2) is 7.27. The maximum Gasteiger partial charge on any atom is 0.258 e. The summed E-state index contributed by atoms with van der Waals surface area (Å²) in [5, 5.41) is 0.635. The number of benzene rings is 1. The molecule has 3 heterocycles. The highest BCUT2D eigenvalue weighted by atomic mass is 32.2. The number of nitrogens with one attached hydrogen (secondary N) is 1. The van der Waals surface area contributed by atoms with Gasteiger partial charge in [0, 0.05) is 17.6 Å². The number of sulfone groups is 2. The molecule has 1 N–H and O–H groups in total. The molecule has 2 fully saturated rings. The van der Waals surface area contributed by atoms with Crippen LogP contribution in [0.4, 0.5) is 0 Å². The number of para-hydroxylation sites is 1. The Bertz CT molecular complexity index is 1250. The molecule has 29 heavy (non-hydrogen) atoms. The van der Waals surface area contributed by atoms with Gasteiger partial charge >= 0.3 is 0 Å². The lowest BCUT2D eigenvalue weighted by molar-refractivity contribution is 0.229. The van der Waals surface area contributed by atoms with Gasteiger partial charge in [-0.1, -0.05) is 18.2 Å². The number of aromatic nitrogens is 1. The predicted octanol–water partition coefficient (Wildman–Crippen LogP) is 0.104. The number of hydrazine groups is 1. The van der Waals surface area contributed by atoms with Crippen molar-refractivity contribution in [3.8, 4) is 0 Å². The zero-order chi connectivity index (χ0) is 20.9. The highest BCUT2D eigenvalue weighted by Gasteiger charge is 2.42. The quantitative estimate of drug-likeness (QED) is 0.623. The van der Waals surface area contributed by atoms with Crippen LogP contribution in [-0.4, -0.2) is 69.7 Å². The molecule has 1 aromatic carbocycles. The summed E-state index contributed by atoms with van der Waals surface area (Å²) in [5.41, 5.74) is 3.11. The fourth-order valence-electron chi connectivity index (χ4n) is 3.80. The van der Waals surface area contributed by atoms with E-state index in [9.17, 15) is 25.3 Å². The predicted molar refractivity (Wildman–Crippen MR) is 108 cm³/mol. The van der Waals surface area contributed by atoms with Crippen LogP contribution in [0.15, 0.2) is 41.4 Å². The largest absolute Gasteiger partial charge is 0.258 e. The first kappa shape index (κ1) is 20.7. The highest BCUT2D eigenvalue weighted by Crippen LogP contribution is 2.28. The number of fused-ring (bicyclic) bond motifs is 1. The van der Waals surface area contributed by atoms with Gasteiger partial charge in [0.05, 0.1) is 34.6 Å². The molecule has 2 aliphatic rings. The van der Waals surface area contributed by atoms with Gasteiger partial charge in [-0.25, -0.2) is 30.7 Å². The van der Waals surface area contributed by atoms with Gasteiger partial charge in [0.1, 0.15) is 4.90 Å². The van der Waals surface area contributed by atoms with E-state index in [-0.39, 0.29) is 46.3 Å². The van der Waals surface area contributed by atoms with E-state index < -0.39 is 41.8 Å². The first-order valence-corrected chi connectivity index (χ1v) is 14.2. The van der Waals surface area contributed by atoms with Gasteiger partial charge in [-0.3, -0.25) is 4.98 Å². The molecule has 12 heteroatoms. The average Bonchev–Trinajstić information content (AvgIpc) is 3.19. The zero-order valence-electron chi connectivity index (χ0n) is 15.4. The molecule has 158 valence electrons. The van der Waals surface area contributed by atoms with Gasteiger partial charge in [-0.2, -0.15) is 0 Å². The van der Waals surface area contributed by atoms with Gasteiger partial charge in [0.2, 0.25) is 0 Å². The average molecular weight is 460 g/mol. The molecule has 2 atom stereocenters. The van der Waals surface area contributed by atoms with Crippen LogP contribution in [0.3, 0.4) is 0 Å². The SMILES string of the molecule is O=S1(=O)CC[C@@H](NN([C@@H]2CCS(=O)(=O)C2)S(=O)(=O)c2cccc3cccnc23)C1. The van der Waals surface area contributed by atoms with E-state index in [1.807, 2.05) is 0 Å². The minimum atomic E-state index is -4.19. The fourth-order valence-corrected chi connectivity index (χ4v) is 8.99. The van der Waals surface area contributed by atoms with Crippen LogP contribution >= 0.6 is 0 Å². The number of rotatable bonds is 5. The minimum absolute atomic E-state index is 0.0304. The molecule has 0 bridgehead atoms. The molecule has 0 radical (unpaired) electrons. The van der Waals surface area contributed by atoms with Crippen molar-refractivity contribution in [1.29, 1.82) is 0 Å². The Morgan fingerprint density at radius 3 is 2.31 bits per heavy atom. The summed E-state index contributed by atoms with van der Waals surface area (Å²) in [6.07, 6.45) is 1.90. The van der Waals surface area contributed by atoms with E-state index in [1.54, 1.807) is 24.3 Å². The van der Waals surface area contributed by atoms with E-state index in [0.717, 1.165) is 4.41 Å². The van der Waals surface area contributed by atoms with Crippen molar-refractivity contribution >= 4 is 40.6 Å². The molecule has 9 nitrogen and oxygen atoms in total. The molecule has 4 rings (SSSR count). The normalized spacial score (nSPS) is 26.2. The van der Waals surface area contributed by atoms with Gasteiger partial charge in [-0.15, -0.1) is 4.41 Å². The van der Waals surface area contributed by atoms with E-state index in [0.29, 0.717) is 5.39 Å². The number of pyridine rings is 1. The van der Waals surface area contributed by atoms with Crippen molar-refractivity contribution in [3.63, 3.8) is 0 Å². The lowest BCUT2D eigenvalue weighted by Gasteiger charge is -2.30. The van der Waals surface area contributed by atoms with Crippen LogP contribution in [0.5, 0.6) is 0 Å². The van der Waals surface area contributed by atoms with Crippen LogP contribution in [-0.2, 0) is 29.7 Å². The zero-order valence-corrected chi connectivity index (χ0v) is 17.9. The molecular weight excluding hydrogens is 438 g/mol. The maximum atomic E-state index is 13.6. The summed E-state index contributed by atoms with van der Waals surface area (Å²) in [4.78, 5) is 4.14. The van der Waals surface area contributed by atoms with Gasteiger partial charge < -0.3 is 0 Å². The Labute approximate surface area is 170 Å². The fraction of sp³-hybridized carbons (Fsp3) is 0.471.